The van der Waals surface area contributed by atoms with Gasteiger partial charge in [0, 0.05) is 11.9 Å². The Morgan fingerprint density at radius 3 is 2.50 bits per heavy atom. The minimum Gasteiger partial charge on any atom is -0.467 e. The van der Waals surface area contributed by atoms with Crippen molar-refractivity contribution in [3.8, 4) is 0 Å². The van der Waals surface area contributed by atoms with Gasteiger partial charge in [0.25, 0.3) is 5.91 Å². The van der Waals surface area contributed by atoms with E-state index in [1.165, 1.54) is 5.56 Å². The second-order valence-electron chi connectivity index (χ2n) is 6.19. The van der Waals surface area contributed by atoms with Crippen LogP contribution in [-0.4, -0.2) is 17.4 Å². The number of hydrogen-bond donors (Lipinski definition) is 0. The van der Waals surface area contributed by atoms with E-state index in [0.717, 1.165) is 23.2 Å². The first-order valence-corrected chi connectivity index (χ1v) is 8.64. The molecular weight excluding hydrogens is 326 g/mol. The van der Waals surface area contributed by atoms with Crippen LogP contribution in [0, 0.1) is 0 Å². The van der Waals surface area contributed by atoms with Crippen molar-refractivity contribution in [2.75, 3.05) is 6.54 Å². The lowest BCUT2D eigenvalue weighted by atomic mass is 10.1. The standard InChI is InChI=1S/C22H19NO3/c24-22(21-15-18-9-4-5-11-20(18)26-21)23(16-19-10-6-14-25-19)13-12-17-7-2-1-3-8-17/h1-11,14-15H,12-13,16H2. The summed E-state index contributed by atoms with van der Waals surface area (Å²) in [6.45, 7) is 0.996. The number of benzene rings is 2. The van der Waals surface area contributed by atoms with Crippen molar-refractivity contribution in [3.05, 3.63) is 96.1 Å². The van der Waals surface area contributed by atoms with Gasteiger partial charge in [-0.15, -0.1) is 0 Å². The Kier molecular flexibility index (Phi) is 4.56. The summed E-state index contributed by atoms with van der Waals surface area (Å²) in [5, 5.41) is 0.928. The summed E-state index contributed by atoms with van der Waals surface area (Å²) >= 11 is 0. The van der Waals surface area contributed by atoms with Gasteiger partial charge in [-0.25, -0.2) is 0 Å². The lowest BCUT2D eigenvalue weighted by Gasteiger charge is -2.20. The Hall–Kier alpha value is -3.27. The summed E-state index contributed by atoms with van der Waals surface area (Å²) in [6.07, 6.45) is 2.39. The summed E-state index contributed by atoms with van der Waals surface area (Å²) in [6, 6.07) is 23.3. The Labute approximate surface area is 151 Å². The van der Waals surface area contributed by atoms with E-state index in [9.17, 15) is 4.79 Å². The number of para-hydroxylation sites is 1. The van der Waals surface area contributed by atoms with Crippen LogP contribution >= 0.6 is 0 Å². The minimum absolute atomic E-state index is 0.131. The summed E-state index contributed by atoms with van der Waals surface area (Å²) in [5.74, 6) is 0.974. The highest BCUT2D eigenvalue weighted by Crippen LogP contribution is 2.21. The van der Waals surface area contributed by atoms with Gasteiger partial charge in [0.05, 0.1) is 12.8 Å². The predicted molar refractivity (Wildman–Crippen MR) is 99.8 cm³/mol. The summed E-state index contributed by atoms with van der Waals surface area (Å²) in [4.78, 5) is 14.8. The maximum absolute atomic E-state index is 13.1. The van der Waals surface area contributed by atoms with Crippen LogP contribution in [0.1, 0.15) is 21.9 Å². The summed E-state index contributed by atoms with van der Waals surface area (Å²) < 4.78 is 11.2. The molecule has 0 aliphatic rings. The number of fused-ring (bicyclic) bond motifs is 1. The van der Waals surface area contributed by atoms with Gasteiger partial charge >= 0.3 is 0 Å². The van der Waals surface area contributed by atoms with E-state index in [2.05, 4.69) is 12.1 Å². The van der Waals surface area contributed by atoms with Crippen molar-refractivity contribution in [2.24, 2.45) is 0 Å². The highest BCUT2D eigenvalue weighted by molar-refractivity contribution is 5.96. The maximum Gasteiger partial charge on any atom is 0.290 e. The minimum atomic E-state index is -0.131. The highest BCUT2D eigenvalue weighted by Gasteiger charge is 2.21. The van der Waals surface area contributed by atoms with Crippen molar-refractivity contribution < 1.29 is 13.6 Å². The van der Waals surface area contributed by atoms with Gasteiger partial charge < -0.3 is 13.7 Å². The van der Waals surface area contributed by atoms with Gasteiger partial charge in [0.15, 0.2) is 5.76 Å². The fourth-order valence-corrected chi connectivity index (χ4v) is 2.99. The van der Waals surface area contributed by atoms with Crippen molar-refractivity contribution in [1.82, 2.24) is 4.90 Å². The molecule has 0 aliphatic carbocycles. The average Bonchev–Trinajstić information content (AvgIpc) is 3.34. The smallest absolute Gasteiger partial charge is 0.290 e. The quantitative estimate of drug-likeness (QED) is 0.499. The Morgan fingerprint density at radius 1 is 0.923 bits per heavy atom. The number of amides is 1. The lowest BCUT2D eigenvalue weighted by Crippen LogP contribution is -2.32. The molecule has 2 heterocycles. The average molecular weight is 345 g/mol. The molecule has 4 nitrogen and oxygen atoms in total. The molecule has 0 spiro atoms. The number of hydrogen-bond acceptors (Lipinski definition) is 3. The SMILES string of the molecule is O=C(c1cc2ccccc2o1)N(CCc1ccccc1)Cc1ccco1. The third kappa shape index (κ3) is 3.54. The molecule has 0 N–H and O–H groups in total. The fourth-order valence-electron chi connectivity index (χ4n) is 2.99. The number of nitrogens with zero attached hydrogens (tertiary/aromatic N) is 1. The van der Waals surface area contributed by atoms with E-state index < -0.39 is 0 Å². The summed E-state index contributed by atoms with van der Waals surface area (Å²) in [7, 11) is 0. The zero-order valence-corrected chi connectivity index (χ0v) is 14.3. The van der Waals surface area contributed by atoms with Gasteiger partial charge in [-0.1, -0.05) is 48.5 Å². The van der Waals surface area contributed by atoms with Gasteiger partial charge in [-0.2, -0.15) is 0 Å². The van der Waals surface area contributed by atoms with Crippen LogP contribution < -0.4 is 0 Å². The lowest BCUT2D eigenvalue weighted by molar-refractivity contribution is 0.0703. The Balaban J connectivity index is 1.57. The summed E-state index contributed by atoms with van der Waals surface area (Å²) in [5.41, 5.74) is 1.91. The van der Waals surface area contributed by atoms with E-state index in [4.69, 9.17) is 8.83 Å². The topological polar surface area (TPSA) is 46.6 Å². The van der Waals surface area contributed by atoms with Crippen LogP contribution in [0.2, 0.25) is 0 Å². The van der Waals surface area contributed by atoms with Crippen LogP contribution in [0.3, 0.4) is 0 Å². The fraction of sp³-hybridized carbons (Fsp3) is 0.136. The second-order valence-corrected chi connectivity index (χ2v) is 6.19. The first-order valence-electron chi connectivity index (χ1n) is 8.64. The Morgan fingerprint density at radius 2 is 1.73 bits per heavy atom. The van der Waals surface area contributed by atoms with Crippen LogP contribution in [0.25, 0.3) is 11.0 Å². The molecule has 130 valence electrons. The maximum atomic E-state index is 13.1. The van der Waals surface area contributed by atoms with Gasteiger partial charge in [0.1, 0.15) is 11.3 Å². The third-order valence-corrected chi connectivity index (χ3v) is 4.36. The van der Waals surface area contributed by atoms with E-state index in [0.29, 0.717) is 18.8 Å². The Bertz CT molecular complexity index is 954. The molecule has 0 unspecified atom stereocenters. The number of carbonyl (C=O) groups is 1. The monoisotopic (exact) mass is 345 g/mol. The van der Waals surface area contributed by atoms with E-state index >= 15 is 0 Å². The van der Waals surface area contributed by atoms with E-state index in [-0.39, 0.29) is 5.91 Å². The van der Waals surface area contributed by atoms with Gasteiger partial charge in [0.2, 0.25) is 0 Å². The molecule has 0 bridgehead atoms. The zero-order chi connectivity index (χ0) is 17.8. The normalized spacial score (nSPS) is 10.9. The molecule has 0 aliphatic heterocycles. The first-order chi connectivity index (χ1) is 12.8. The first kappa shape index (κ1) is 16.2. The second kappa shape index (κ2) is 7.31. The largest absolute Gasteiger partial charge is 0.467 e. The number of furan rings is 2. The van der Waals surface area contributed by atoms with Crippen LogP contribution in [0.15, 0.2) is 87.9 Å². The van der Waals surface area contributed by atoms with Crippen molar-refractivity contribution in [3.63, 3.8) is 0 Å². The molecule has 26 heavy (non-hydrogen) atoms. The molecule has 2 aromatic carbocycles. The van der Waals surface area contributed by atoms with E-state index in [1.807, 2.05) is 54.6 Å². The third-order valence-electron chi connectivity index (χ3n) is 4.36. The van der Waals surface area contributed by atoms with E-state index in [1.54, 1.807) is 17.2 Å². The van der Waals surface area contributed by atoms with Crippen molar-refractivity contribution >= 4 is 16.9 Å². The molecule has 4 rings (SSSR count). The molecule has 0 atom stereocenters. The van der Waals surface area contributed by atoms with Gasteiger partial charge in [-0.05, 0) is 36.2 Å². The number of rotatable bonds is 6. The van der Waals surface area contributed by atoms with Crippen molar-refractivity contribution in [1.29, 1.82) is 0 Å². The molecule has 2 aromatic heterocycles. The molecule has 0 radical (unpaired) electrons. The van der Waals surface area contributed by atoms with Gasteiger partial charge in [-0.3, -0.25) is 4.79 Å². The molecule has 0 saturated heterocycles. The van der Waals surface area contributed by atoms with Crippen LogP contribution in [0.4, 0.5) is 0 Å². The molecular formula is C22H19NO3. The molecule has 4 heteroatoms. The van der Waals surface area contributed by atoms with Crippen molar-refractivity contribution in [2.45, 2.75) is 13.0 Å². The highest BCUT2D eigenvalue weighted by atomic mass is 16.3. The zero-order valence-electron chi connectivity index (χ0n) is 14.3. The molecule has 0 fully saturated rings. The molecule has 1 amide bonds. The van der Waals surface area contributed by atoms with Crippen LogP contribution in [0.5, 0.6) is 0 Å². The van der Waals surface area contributed by atoms with Crippen LogP contribution in [-0.2, 0) is 13.0 Å². The predicted octanol–water partition coefficient (Wildman–Crippen LogP) is 4.91. The number of carbonyl (C=O) groups excluding carboxylic acids is 1. The molecule has 0 saturated carbocycles. The molecule has 4 aromatic rings.